The average Bonchev–Trinajstić information content (AvgIpc) is 3.14. The summed E-state index contributed by atoms with van der Waals surface area (Å²) in [7, 11) is 0. The van der Waals surface area contributed by atoms with Crippen LogP contribution in [0.5, 0.6) is 5.75 Å². The van der Waals surface area contributed by atoms with Crippen LogP contribution in [-0.2, 0) is 11.2 Å². The normalized spacial score (nSPS) is 11.2. The molecule has 32 heavy (non-hydrogen) atoms. The largest absolute Gasteiger partial charge is 0.493 e. The highest BCUT2D eigenvalue weighted by Crippen LogP contribution is 2.26. The molecule has 0 spiro atoms. The van der Waals surface area contributed by atoms with Crippen molar-refractivity contribution in [2.75, 3.05) is 6.61 Å². The van der Waals surface area contributed by atoms with Crippen LogP contribution in [0.4, 0.5) is 0 Å². The van der Waals surface area contributed by atoms with Gasteiger partial charge < -0.3 is 9.84 Å². The second-order valence-electron chi connectivity index (χ2n) is 7.49. The Morgan fingerprint density at radius 1 is 0.969 bits per heavy atom. The Morgan fingerprint density at radius 2 is 1.72 bits per heavy atom. The van der Waals surface area contributed by atoms with Crippen LogP contribution in [0.25, 0.3) is 17.0 Å². The topological polar surface area (TPSA) is 68.5 Å². The van der Waals surface area contributed by atoms with E-state index in [4.69, 9.17) is 9.84 Å². The molecule has 4 rings (SSSR count). The number of fused-ring (bicyclic) bond motifs is 1. The number of ether oxygens (including phenoxy) is 1. The van der Waals surface area contributed by atoms with Crippen LogP contribution in [0.2, 0.25) is 0 Å². The van der Waals surface area contributed by atoms with Gasteiger partial charge in [0.1, 0.15) is 5.75 Å². The van der Waals surface area contributed by atoms with Crippen LogP contribution in [-0.4, -0.2) is 28.2 Å². The number of carbonyl (C=O) groups excluding carboxylic acids is 1. The molecule has 0 amide bonds. The van der Waals surface area contributed by atoms with Crippen molar-refractivity contribution in [3.05, 3.63) is 107 Å². The maximum absolute atomic E-state index is 13.2. The van der Waals surface area contributed by atoms with Crippen molar-refractivity contribution >= 4 is 28.9 Å². The number of carbonyl (C=O) groups is 2. The zero-order valence-corrected chi connectivity index (χ0v) is 17.7. The molecule has 3 aromatic carbocycles. The molecule has 0 radical (unpaired) electrons. The fourth-order valence-electron chi connectivity index (χ4n) is 3.72. The van der Waals surface area contributed by atoms with Crippen molar-refractivity contribution in [3.8, 4) is 5.75 Å². The third kappa shape index (κ3) is 4.62. The lowest BCUT2D eigenvalue weighted by atomic mass is 10.1. The molecule has 0 fully saturated rings. The number of carboxylic acids is 1. The third-order valence-corrected chi connectivity index (χ3v) is 5.28. The third-order valence-electron chi connectivity index (χ3n) is 5.28. The highest BCUT2D eigenvalue weighted by Gasteiger charge is 2.16. The first-order chi connectivity index (χ1) is 15.5. The number of hydrogen-bond donors (Lipinski definition) is 1. The summed E-state index contributed by atoms with van der Waals surface area (Å²) < 4.78 is 7.47. The second kappa shape index (κ2) is 9.35. The molecule has 5 heteroatoms. The van der Waals surface area contributed by atoms with Crippen LogP contribution < -0.4 is 4.74 Å². The first-order valence-electron chi connectivity index (χ1n) is 10.4. The minimum absolute atomic E-state index is 0.146. The maximum Gasteiger partial charge on any atom is 0.328 e. The molecule has 0 aliphatic rings. The molecule has 4 aromatic rings. The van der Waals surface area contributed by atoms with Gasteiger partial charge in [0, 0.05) is 29.1 Å². The monoisotopic (exact) mass is 425 g/mol. The van der Waals surface area contributed by atoms with Gasteiger partial charge in [-0.15, -0.1) is 0 Å². The molecule has 0 atom stereocenters. The number of hydrogen-bond acceptors (Lipinski definition) is 3. The molecule has 160 valence electrons. The summed E-state index contributed by atoms with van der Waals surface area (Å²) in [6.45, 7) is 2.43. The zero-order valence-electron chi connectivity index (χ0n) is 17.7. The molecule has 5 nitrogen and oxygen atoms in total. The number of benzene rings is 3. The molecule has 0 bridgehead atoms. The predicted molar refractivity (Wildman–Crippen MR) is 125 cm³/mol. The predicted octanol–water partition coefficient (Wildman–Crippen LogP) is 5.36. The first kappa shape index (κ1) is 21.1. The van der Waals surface area contributed by atoms with E-state index in [-0.39, 0.29) is 5.91 Å². The van der Waals surface area contributed by atoms with E-state index in [1.165, 1.54) is 5.56 Å². The van der Waals surface area contributed by atoms with Gasteiger partial charge in [-0.2, -0.15) is 0 Å². The lowest BCUT2D eigenvalue weighted by molar-refractivity contribution is -0.131. The SMILES string of the molecule is Cc1cc2c(/C=C/C(=O)O)cccc2n1C(=O)c1ccc(OCCc2ccccc2)cc1. The Bertz CT molecular complexity index is 1280. The van der Waals surface area contributed by atoms with Crippen molar-refractivity contribution in [1.82, 2.24) is 4.57 Å². The average molecular weight is 425 g/mol. The van der Waals surface area contributed by atoms with E-state index in [1.807, 2.05) is 49.4 Å². The molecule has 0 saturated heterocycles. The summed E-state index contributed by atoms with van der Waals surface area (Å²) in [5, 5.41) is 9.75. The van der Waals surface area contributed by atoms with Gasteiger partial charge in [0.2, 0.25) is 0 Å². The van der Waals surface area contributed by atoms with E-state index in [0.717, 1.165) is 34.7 Å². The van der Waals surface area contributed by atoms with Gasteiger partial charge in [0.15, 0.2) is 0 Å². The maximum atomic E-state index is 13.2. The molecule has 1 aromatic heterocycles. The fraction of sp³-hybridized carbons (Fsp3) is 0.111. The number of carboxylic acid groups (broad SMARTS) is 1. The summed E-state index contributed by atoms with van der Waals surface area (Å²) in [5.41, 5.74) is 4.04. The van der Waals surface area contributed by atoms with Crippen molar-refractivity contribution in [2.24, 2.45) is 0 Å². The van der Waals surface area contributed by atoms with Gasteiger partial charge in [-0.1, -0.05) is 42.5 Å². The van der Waals surface area contributed by atoms with Crippen molar-refractivity contribution in [3.63, 3.8) is 0 Å². The smallest absolute Gasteiger partial charge is 0.328 e. The summed E-state index contributed by atoms with van der Waals surface area (Å²) >= 11 is 0. The Balaban J connectivity index is 1.52. The van der Waals surface area contributed by atoms with Gasteiger partial charge in [0.05, 0.1) is 12.1 Å². The molecular weight excluding hydrogens is 402 g/mol. The van der Waals surface area contributed by atoms with Gasteiger partial charge in [-0.3, -0.25) is 9.36 Å². The van der Waals surface area contributed by atoms with Gasteiger partial charge in [-0.25, -0.2) is 4.79 Å². The summed E-state index contributed by atoms with van der Waals surface area (Å²) in [5.74, 6) is -0.444. The summed E-state index contributed by atoms with van der Waals surface area (Å²) in [4.78, 5) is 24.1. The molecule has 1 heterocycles. The number of rotatable bonds is 7. The van der Waals surface area contributed by atoms with Crippen LogP contribution in [0, 0.1) is 6.92 Å². The molecule has 0 unspecified atom stereocenters. The number of aromatic nitrogens is 1. The number of aryl methyl sites for hydroxylation is 1. The highest BCUT2D eigenvalue weighted by atomic mass is 16.5. The molecule has 0 aliphatic carbocycles. The second-order valence-corrected chi connectivity index (χ2v) is 7.49. The summed E-state index contributed by atoms with van der Waals surface area (Å²) in [6.07, 6.45) is 3.45. The Kier molecular flexibility index (Phi) is 6.17. The van der Waals surface area contributed by atoms with Crippen LogP contribution in [0.1, 0.15) is 27.2 Å². The minimum atomic E-state index is -1.01. The van der Waals surface area contributed by atoms with Crippen LogP contribution in [0.15, 0.2) is 84.9 Å². The van der Waals surface area contributed by atoms with Crippen LogP contribution in [0.3, 0.4) is 0 Å². The standard InChI is InChI=1S/C27H23NO4/c1-19-18-24-21(12-15-26(29)30)8-5-9-25(24)28(19)27(31)22-10-13-23(14-11-22)32-17-16-20-6-3-2-4-7-20/h2-15,18H,16-17H2,1H3,(H,29,30)/b15-12+. The van der Waals surface area contributed by atoms with Crippen LogP contribution >= 0.6 is 0 Å². The van der Waals surface area contributed by atoms with E-state index in [0.29, 0.717) is 17.9 Å². The highest BCUT2D eigenvalue weighted by molar-refractivity contribution is 6.05. The van der Waals surface area contributed by atoms with E-state index in [9.17, 15) is 9.59 Å². The fourth-order valence-corrected chi connectivity index (χ4v) is 3.72. The molecular formula is C27H23NO4. The van der Waals surface area contributed by atoms with E-state index < -0.39 is 5.97 Å². The zero-order chi connectivity index (χ0) is 22.5. The van der Waals surface area contributed by atoms with Gasteiger partial charge in [-0.05, 0) is 60.5 Å². The molecule has 0 saturated carbocycles. The van der Waals surface area contributed by atoms with Gasteiger partial charge >= 0.3 is 5.97 Å². The minimum Gasteiger partial charge on any atom is -0.493 e. The molecule has 1 N–H and O–H groups in total. The first-order valence-corrected chi connectivity index (χ1v) is 10.4. The van der Waals surface area contributed by atoms with Crippen molar-refractivity contribution in [1.29, 1.82) is 0 Å². The lowest BCUT2D eigenvalue weighted by Crippen LogP contribution is -2.13. The number of nitrogens with zero attached hydrogens (tertiary/aromatic N) is 1. The van der Waals surface area contributed by atoms with Crippen molar-refractivity contribution in [2.45, 2.75) is 13.3 Å². The van der Waals surface area contributed by atoms with E-state index >= 15 is 0 Å². The van der Waals surface area contributed by atoms with Gasteiger partial charge in [0.25, 0.3) is 5.91 Å². The van der Waals surface area contributed by atoms with E-state index in [2.05, 4.69) is 12.1 Å². The van der Waals surface area contributed by atoms with E-state index in [1.54, 1.807) is 34.9 Å². The Morgan fingerprint density at radius 3 is 2.44 bits per heavy atom. The molecule has 0 aliphatic heterocycles. The summed E-state index contributed by atoms with van der Waals surface area (Å²) in [6, 6.07) is 24.7. The Labute approximate surface area is 186 Å². The number of aliphatic carboxylic acids is 1. The van der Waals surface area contributed by atoms with Crippen molar-refractivity contribution < 1.29 is 19.4 Å². The quantitative estimate of drug-likeness (QED) is 0.405. The lowest BCUT2D eigenvalue weighted by Gasteiger charge is -2.09. The Hall–Kier alpha value is -4.12.